The molecule has 0 aliphatic carbocycles. The van der Waals surface area contributed by atoms with Crippen molar-refractivity contribution in [3.05, 3.63) is 29.6 Å². The zero-order valence-electron chi connectivity index (χ0n) is 14.8. The third-order valence-electron chi connectivity index (χ3n) is 4.98. The van der Waals surface area contributed by atoms with E-state index < -0.39 is 10.8 Å². The highest BCUT2D eigenvalue weighted by atomic mass is 32.2. The van der Waals surface area contributed by atoms with Gasteiger partial charge >= 0.3 is 0 Å². The van der Waals surface area contributed by atoms with Gasteiger partial charge in [-0.15, -0.1) is 10.2 Å². The molecule has 0 bridgehead atoms. The summed E-state index contributed by atoms with van der Waals surface area (Å²) in [5.41, 5.74) is 2.01. The van der Waals surface area contributed by atoms with E-state index in [1.807, 2.05) is 32.0 Å². The van der Waals surface area contributed by atoms with Crippen molar-refractivity contribution in [2.45, 2.75) is 45.3 Å². The molecule has 0 N–H and O–H groups in total. The van der Waals surface area contributed by atoms with E-state index in [9.17, 15) is 4.21 Å². The molecule has 1 aliphatic heterocycles. The van der Waals surface area contributed by atoms with E-state index in [1.54, 1.807) is 4.68 Å². The topological polar surface area (TPSA) is 63.9 Å². The van der Waals surface area contributed by atoms with Crippen LogP contribution in [0.2, 0.25) is 0 Å². The van der Waals surface area contributed by atoms with Crippen LogP contribution in [0.15, 0.2) is 18.2 Å². The number of hydrogen-bond acceptors (Lipinski definition) is 5. The lowest BCUT2D eigenvalue weighted by atomic mass is 10.0. The van der Waals surface area contributed by atoms with Crippen molar-refractivity contribution in [3.63, 3.8) is 0 Å². The van der Waals surface area contributed by atoms with Gasteiger partial charge in [-0.25, -0.2) is 4.68 Å². The average Bonchev–Trinajstić information content (AvgIpc) is 2.94. The van der Waals surface area contributed by atoms with Gasteiger partial charge in [-0.3, -0.25) is 4.21 Å². The molecule has 1 aliphatic rings. The first kappa shape index (κ1) is 17.1. The van der Waals surface area contributed by atoms with Crippen molar-refractivity contribution in [1.29, 1.82) is 0 Å². The van der Waals surface area contributed by atoms with Crippen LogP contribution in [0.25, 0.3) is 5.82 Å². The number of nitrogens with zero attached hydrogens (tertiary/aromatic N) is 5. The fraction of sp³-hybridized carbons (Fsp3) is 0.588. The van der Waals surface area contributed by atoms with Crippen LogP contribution in [0.3, 0.4) is 0 Å². The number of anilines is 1. The molecule has 3 rings (SSSR count). The maximum Gasteiger partial charge on any atom is 0.176 e. The van der Waals surface area contributed by atoms with Crippen LogP contribution in [0, 0.1) is 13.8 Å². The Morgan fingerprint density at radius 2 is 1.83 bits per heavy atom. The first-order valence-electron chi connectivity index (χ1n) is 8.50. The van der Waals surface area contributed by atoms with E-state index in [4.69, 9.17) is 0 Å². The van der Waals surface area contributed by atoms with Gasteiger partial charge in [0.15, 0.2) is 11.6 Å². The SMILES string of the molecule is CCC1(CC)CN(c2ccc(-n3nc(C)cc3C)nn2)CCS1=O. The third-order valence-corrected chi connectivity index (χ3v) is 7.21. The normalized spacial score (nSPS) is 20.3. The summed E-state index contributed by atoms with van der Waals surface area (Å²) in [6.07, 6.45) is 1.84. The average molecular weight is 347 g/mol. The van der Waals surface area contributed by atoms with Crippen LogP contribution < -0.4 is 4.90 Å². The largest absolute Gasteiger partial charge is 0.353 e. The zero-order valence-corrected chi connectivity index (χ0v) is 15.6. The van der Waals surface area contributed by atoms with E-state index >= 15 is 0 Å². The standard InChI is InChI=1S/C17H25N5OS/c1-5-17(6-2)12-21(9-10-24(17)23)15-7-8-16(19-18-15)22-14(4)11-13(3)20-22/h7-8,11H,5-6,9-10,12H2,1-4H3. The fourth-order valence-electron chi connectivity index (χ4n) is 3.36. The van der Waals surface area contributed by atoms with E-state index in [0.717, 1.165) is 49.0 Å². The minimum atomic E-state index is -0.770. The molecule has 0 aromatic carbocycles. The van der Waals surface area contributed by atoms with E-state index in [-0.39, 0.29) is 4.75 Å². The van der Waals surface area contributed by atoms with Crippen molar-refractivity contribution in [3.8, 4) is 5.82 Å². The number of aryl methyl sites for hydroxylation is 2. The summed E-state index contributed by atoms with van der Waals surface area (Å²) in [7, 11) is -0.770. The lowest BCUT2D eigenvalue weighted by Gasteiger charge is -2.41. The molecule has 24 heavy (non-hydrogen) atoms. The van der Waals surface area contributed by atoms with Crippen LogP contribution in [0.4, 0.5) is 5.82 Å². The molecule has 1 unspecified atom stereocenters. The van der Waals surface area contributed by atoms with Crippen molar-refractivity contribution in [2.24, 2.45) is 0 Å². The van der Waals surface area contributed by atoms with Crippen LogP contribution >= 0.6 is 0 Å². The van der Waals surface area contributed by atoms with E-state index in [0.29, 0.717) is 5.75 Å². The van der Waals surface area contributed by atoms with Crippen LogP contribution in [0.5, 0.6) is 0 Å². The molecule has 7 heteroatoms. The second kappa shape index (κ2) is 6.63. The molecule has 0 spiro atoms. The van der Waals surface area contributed by atoms with Gasteiger partial charge < -0.3 is 4.90 Å². The van der Waals surface area contributed by atoms with Crippen molar-refractivity contribution in [2.75, 3.05) is 23.7 Å². The second-order valence-electron chi connectivity index (χ2n) is 6.45. The molecule has 1 fully saturated rings. The third kappa shape index (κ3) is 2.97. The van der Waals surface area contributed by atoms with Crippen LogP contribution in [0.1, 0.15) is 38.1 Å². The van der Waals surface area contributed by atoms with Gasteiger partial charge in [0.25, 0.3) is 0 Å². The summed E-state index contributed by atoms with van der Waals surface area (Å²) in [5, 5.41) is 13.2. The van der Waals surface area contributed by atoms with E-state index in [1.165, 1.54) is 0 Å². The molecule has 0 radical (unpaired) electrons. The predicted molar refractivity (Wildman–Crippen MR) is 97.2 cm³/mol. The zero-order chi connectivity index (χ0) is 17.3. The Balaban J connectivity index is 1.83. The minimum Gasteiger partial charge on any atom is -0.353 e. The Kier molecular flexibility index (Phi) is 4.71. The summed E-state index contributed by atoms with van der Waals surface area (Å²) < 4.78 is 14.1. The molecule has 3 heterocycles. The van der Waals surface area contributed by atoms with Crippen LogP contribution in [-0.2, 0) is 10.8 Å². The molecular formula is C17H25N5OS. The molecule has 2 aromatic heterocycles. The molecular weight excluding hydrogens is 322 g/mol. The number of rotatable bonds is 4. The molecule has 130 valence electrons. The number of hydrogen-bond donors (Lipinski definition) is 0. The van der Waals surface area contributed by atoms with Gasteiger partial charge in [0.2, 0.25) is 0 Å². The quantitative estimate of drug-likeness (QED) is 0.850. The van der Waals surface area contributed by atoms with Gasteiger partial charge in [-0.2, -0.15) is 5.10 Å². The Morgan fingerprint density at radius 3 is 2.38 bits per heavy atom. The molecule has 0 saturated carbocycles. The van der Waals surface area contributed by atoms with Gasteiger partial charge in [-0.1, -0.05) is 13.8 Å². The number of aromatic nitrogens is 4. The monoisotopic (exact) mass is 347 g/mol. The Hall–Kier alpha value is -1.76. The maximum absolute atomic E-state index is 12.5. The fourth-order valence-corrected chi connectivity index (χ4v) is 5.12. The van der Waals surface area contributed by atoms with Crippen LogP contribution in [-0.4, -0.2) is 47.8 Å². The minimum absolute atomic E-state index is 0.131. The lowest BCUT2D eigenvalue weighted by molar-refractivity contribution is 0.493. The highest BCUT2D eigenvalue weighted by molar-refractivity contribution is 7.86. The van der Waals surface area contributed by atoms with Gasteiger partial charge in [-0.05, 0) is 44.9 Å². The van der Waals surface area contributed by atoms with Crippen molar-refractivity contribution >= 4 is 16.6 Å². The smallest absolute Gasteiger partial charge is 0.176 e. The first-order chi connectivity index (χ1) is 11.5. The highest BCUT2D eigenvalue weighted by Crippen LogP contribution is 2.30. The molecule has 6 nitrogen and oxygen atoms in total. The Labute approximate surface area is 145 Å². The second-order valence-corrected chi connectivity index (χ2v) is 8.42. The molecule has 0 amide bonds. The lowest BCUT2D eigenvalue weighted by Crippen LogP contribution is -2.53. The van der Waals surface area contributed by atoms with Gasteiger partial charge in [0.1, 0.15) is 0 Å². The Morgan fingerprint density at radius 1 is 1.17 bits per heavy atom. The van der Waals surface area contributed by atoms with E-state index in [2.05, 4.69) is 34.0 Å². The molecule has 1 saturated heterocycles. The summed E-state index contributed by atoms with van der Waals surface area (Å²) >= 11 is 0. The Bertz CT molecular complexity index is 736. The predicted octanol–water partition coefficient (Wildman–Crippen LogP) is 2.41. The van der Waals surface area contributed by atoms with Gasteiger partial charge in [0.05, 0.1) is 10.4 Å². The molecule has 2 aromatic rings. The van der Waals surface area contributed by atoms with Crippen molar-refractivity contribution < 1.29 is 4.21 Å². The summed E-state index contributed by atoms with van der Waals surface area (Å²) in [6.45, 7) is 9.77. The van der Waals surface area contributed by atoms with Gasteiger partial charge in [0, 0.05) is 35.3 Å². The molecule has 1 atom stereocenters. The first-order valence-corrected chi connectivity index (χ1v) is 9.82. The highest BCUT2D eigenvalue weighted by Gasteiger charge is 2.39. The maximum atomic E-state index is 12.5. The summed E-state index contributed by atoms with van der Waals surface area (Å²) in [5.74, 6) is 2.27. The summed E-state index contributed by atoms with van der Waals surface area (Å²) in [4.78, 5) is 2.21. The van der Waals surface area contributed by atoms with Crippen molar-refractivity contribution in [1.82, 2.24) is 20.0 Å². The summed E-state index contributed by atoms with van der Waals surface area (Å²) in [6, 6.07) is 5.96.